The summed E-state index contributed by atoms with van der Waals surface area (Å²) in [5.41, 5.74) is 0.503. The maximum atomic E-state index is 12.2. The van der Waals surface area contributed by atoms with Crippen LogP contribution < -0.4 is 4.72 Å². The second kappa shape index (κ2) is 8.50. The van der Waals surface area contributed by atoms with Crippen LogP contribution in [-0.4, -0.2) is 25.7 Å². The van der Waals surface area contributed by atoms with Crippen molar-refractivity contribution in [1.82, 2.24) is 4.72 Å². The monoisotopic (exact) mass is 374 g/mol. The van der Waals surface area contributed by atoms with E-state index in [1.807, 2.05) is 6.92 Å². The van der Waals surface area contributed by atoms with E-state index in [0.29, 0.717) is 18.5 Å². The van der Waals surface area contributed by atoms with Crippen molar-refractivity contribution in [2.45, 2.75) is 18.2 Å². The number of sulfonamides is 1. The molecule has 136 valence electrons. The molecule has 0 unspecified atom stereocenters. The van der Waals surface area contributed by atoms with Crippen LogP contribution in [0.15, 0.2) is 59.5 Å². The van der Waals surface area contributed by atoms with Gasteiger partial charge in [-0.25, -0.2) is 13.1 Å². The van der Waals surface area contributed by atoms with Crippen LogP contribution in [0.4, 0.5) is 5.69 Å². The standard InChI is InChI=1S/C18H18N2O5S/c1-2-13-19-26(24,25)16-10-7-15(8-11-16)18(21)12-9-14-5-3-4-6-17(14)20(22)23/h3-12,19H,2,13H2,1H3/b12-9+. The highest BCUT2D eigenvalue weighted by Crippen LogP contribution is 2.19. The molecule has 0 fully saturated rings. The van der Waals surface area contributed by atoms with E-state index in [1.54, 1.807) is 12.1 Å². The first kappa shape index (κ1) is 19.5. The molecular formula is C18H18N2O5S. The highest BCUT2D eigenvalue weighted by atomic mass is 32.2. The Morgan fingerprint density at radius 3 is 2.42 bits per heavy atom. The summed E-state index contributed by atoms with van der Waals surface area (Å²) in [6.07, 6.45) is 3.27. The highest BCUT2D eigenvalue weighted by Gasteiger charge is 2.14. The molecule has 0 aromatic heterocycles. The molecule has 0 spiro atoms. The van der Waals surface area contributed by atoms with Crippen molar-refractivity contribution in [3.05, 3.63) is 75.8 Å². The van der Waals surface area contributed by atoms with Crippen molar-refractivity contribution in [2.75, 3.05) is 6.54 Å². The molecule has 0 saturated heterocycles. The number of nitrogens with zero attached hydrogens (tertiary/aromatic N) is 1. The molecule has 1 N–H and O–H groups in total. The molecule has 0 radical (unpaired) electrons. The second-order valence-electron chi connectivity index (χ2n) is 5.44. The first-order valence-electron chi connectivity index (χ1n) is 7.90. The molecule has 26 heavy (non-hydrogen) atoms. The van der Waals surface area contributed by atoms with Crippen LogP contribution in [0, 0.1) is 10.1 Å². The Morgan fingerprint density at radius 2 is 1.81 bits per heavy atom. The van der Waals surface area contributed by atoms with Crippen LogP contribution in [0.1, 0.15) is 29.3 Å². The lowest BCUT2D eigenvalue weighted by molar-refractivity contribution is -0.385. The Labute approximate surface area is 151 Å². The fourth-order valence-electron chi connectivity index (χ4n) is 2.17. The van der Waals surface area contributed by atoms with Gasteiger partial charge in [-0.05, 0) is 48.9 Å². The van der Waals surface area contributed by atoms with Gasteiger partial charge in [-0.15, -0.1) is 0 Å². The molecule has 7 nitrogen and oxygen atoms in total. The summed E-state index contributed by atoms with van der Waals surface area (Å²) in [5, 5.41) is 11.0. The molecule has 8 heteroatoms. The molecule has 0 heterocycles. The maximum Gasteiger partial charge on any atom is 0.276 e. The Bertz CT molecular complexity index is 934. The van der Waals surface area contributed by atoms with Gasteiger partial charge in [-0.1, -0.05) is 19.1 Å². The third-order valence-electron chi connectivity index (χ3n) is 3.54. The van der Waals surface area contributed by atoms with Crippen molar-refractivity contribution in [1.29, 1.82) is 0 Å². The molecule has 0 bridgehead atoms. The lowest BCUT2D eigenvalue weighted by Gasteiger charge is -2.05. The Morgan fingerprint density at radius 1 is 1.15 bits per heavy atom. The number of carbonyl (C=O) groups is 1. The van der Waals surface area contributed by atoms with Gasteiger partial charge in [0.25, 0.3) is 5.69 Å². The van der Waals surface area contributed by atoms with Crippen molar-refractivity contribution >= 4 is 27.6 Å². The number of para-hydroxylation sites is 1. The van der Waals surface area contributed by atoms with E-state index >= 15 is 0 Å². The zero-order valence-electron chi connectivity index (χ0n) is 14.1. The quantitative estimate of drug-likeness (QED) is 0.330. The lowest BCUT2D eigenvalue weighted by Crippen LogP contribution is -2.24. The van der Waals surface area contributed by atoms with E-state index in [4.69, 9.17) is 0 Å². The minimum atomic E-state index is -3.59. The fraction of sp³-hybridized carbons (Fsp3) is 0.167. The van der Waals surface area contributed by atoms with E-state index in [1.165, 1.54) is 48.6 Å². The van der Waals surface area contributed by atoms with Gasteiger partial charge in [-0.3, -0.25) is 14.9 Å². The van der Waals surface area contributed by atoms with Gasteiger partial charge >= 0.3 is 0 Å². The van der Waals surface area contributed by atoms with E-state index in [0.717, 1.165) is 0 Å². The van der Waals surface area contributed by atoms with Crippen LogP contribution in [0.5, 0.6) is 0 Å². The first-order chi connectivity index (χ1) is 12.3. The second-order valence-corrected chi connectivity index (χ2v) is 7.20. The van der Waals surface area contributed by atoms with Gasteiger partial charge in [0, 0.05) is 18.2 Å². The molecule has 0 aliphatic rings. The number of nitro benzene ring substituents is 1. The largest absolute Gasteiger partial charge is 0.289 e. The molecular weight excluding hydrogens is 356 g/mol. The molecule has 2 aromatic rings. The Kier molecular flexibility index (Phi) is 6.37. The number of benzene rings is 2. The van der Waals surface area contributed by atoms with Crippen molar-refractivity contribution in [2.24, 2.45) is 0 Å². The van der Waals surface area contributed by atoms with Crippen LogP contribution in [0.2, 0.25) is 0 Å². The zero-order valence-corrected chi connectivity index (χ0v) is 14.9. The summed E-state index contributed by atoms with van der Waals surface area (Å²) < 4.78 is 26.5. The molecule has 0 amide bonds. The summed E-state index contributed by atoms with van der Waals surface area (Å²) in [7, 11) is -3.59. The number of nitro groups is 1. The van der Waals surface area contributed by atoms with E-state index < -0.39 is 14.9 Å². The predicted molar refractivity (Wildman–Crippen MR) is 98.4 cm³/mol. The van der Waals surface area contributed by atoms with Gasteiger partial charge in [0.1, 0.15) is 0 Å². The summed E-state index contributed by atoms with van der Waals surface area (Å²) in [6.45, 7) is 2.19. The zero-order chi connectivity index (χ0) is 19.2. The van der Waals surface area contributed by atoms with Gasteiger partial charge in [0.15, 0.2) is 5.78 Å². The van der Waals surface area contributed by atoms with Crippen LogP contribution in [0.25, 0.3) is 6.08 Å². The molecule has 2 aromatic carbocycles. The normalized spacial score (nSPS) is 11.6. The number of hydrogen-bond acceptors (Lipinski definition) is 5. The highest BCUT2D eigenvalue weighted by molar-refractivity contribution is 7.89. The van der Waals surface area contributed by atoms with Crippen molar-refractivity contribution in [3.8, 4) is 0 Å². The Hall–Kier alpha value is -2.84. The van der Waals surface area contributed by atoms with E-state index in [-0.39, 0.29) is 21.9 Å². The summed E-state index contributed by atoms with van der Waals surface area (Å²) >= 11 is 0. The van der Waals surface area contributed by atoms with E-state index in [2.05, 4.69) is 4.72 Å². The molecule has 0 aliphatic heterocycles. The molecule has 0 aliphatic carbocycles. The molecule has 0 saturated carbocycles. The fourth-order valence-corrected chi connectivity index (χ4v) is 3.31. The molecule has 2 rings (SSSR count). The van der Waals surface area contributed by atoms with Gasteiger partial charge < -0.3 is 0 Å². The Balaban J connectivity index is 2.17. The van der Waals surface area contributed by atoms with Crippen LogP contribution >= 0.6 is 0 Å². The smallest absolute Gasteiger partial charge is 0.276 e. The van der Waals surface area contributed by atoms with E-state index in [9.17, 15) is 23.3 Å². The lowest BCUT2D eigenvalue weighted by atomic mass is 10.1. The summed E-state index contributed by atoms with van der Waals surface area (Å²) in [5.74, 6) is -0.381. The SMILES string of the molecule is CCCNS(=O)(=O)c1ccc(C(=O)/C=C/c2ccccc2[N+](=O)[O-])cc1. The average Bonchev–Trinajstić information content (AvgIpc) is 2.64. The molecule has 0 atom stereocenters. The average molecular weight is 374 g/mol. The number of rotatable bonds is 8. The number of nitrogens with one attached hydrogen (secondary N) is 1. The summed E-state index contributed by atoms with van der Waals surface area (Å²) in [6, 6.07) is 11.6. The first-order valence-corrected chi connectivity index (χ1v) is 9.39. The third kappa shape index (κ3) is 4.84. The number of carbonyl (C=O) groups excluding carboxylic acids is 1. The minimum absolute atomic E-state index is 0.0742. The number of hydrogen-bond donors (Lipinski definition) is 1. The minimum Gasteiger partial charge on any atom is -0.289 e. The predicted octanol–water partition coefficient (Wildman–Crippen LogP) is 3.18. The number of ketones is 1. The number of allylic oxidation sites excluding steroid dienone is 1. The van der Waals surface area contributed by atoms with Gasteiger partial charge in [0.2, 0.25) is 10.0 Å². The van der Waals surface area contributed by atoms with Crippen molar-refractivity contribution in [3.63, 3.8) is 0 Å². The van der Waals surface area contributed by atoms with Gasteiger partial charge in [0.05, 0.1) is 15.4 Å². The topological polar surface area (TPSA) is 106 Å². The van der Waals surface area contributed by atoms with Crippen LogP contribution in [-0.2, 0) is 10.0 Å². The van der Waals surface area contributed by atoms with Gasteiger partial charge in [-0.2, -0.15) is 0 Å². The maximum absolute atomic E-state index is 12.2. The van der Waals surface area contributed by atoms with Crippen LogP contribution in [0.3, 0.4) is 0 Å². The third-order valence-corrected chi connectivity index (χ3v) is 5.02. The summed E-state index contributed by atoms with van der Waals surface area (Å²) in [4.78, 5) is 22.7. The van der Waals surface area contributed by atoms with Crippen molar-refractivity contribution < 1.29 is 18.1 Å².